The topological polar surface area (TPSA) is 81.8 Å². The van der Waals surface area contributed by atoms with E-state index in [0.29, 0.717) is 16.3 Å². The smallest absolute Gasteiger partial charge is 0.325 e. The highest BCUT2D eigenvalue weighted by molar-refractivity contribution is 6.30. The van der Waals surface area contributed by atoms with Gasteiger partial charge in [-0.2, -0.15) is 0 Å². The van der Waals surface area contributed by atoms with E-state index in [-0.39, 0.29) is 6.54 Å². The number of carbonyl (C=O) groups is 3. The van der Waals surface area contributed by atoms with Crippen molar-refractivity contribution >= 4 is 40.8 Å². The zero-order valence-corrected chi connectivity index (χ0v) is 16.6. The molecule has 2 aromatic carbocycles. The highest BCUT2D eigenvalue weighted by atomic mass is 35.5. The predicted octanol–water partition coefficient (Wildman–Crippen LogP) is 2.81. The standard InChI is InChI=1S/C20H21ClN4O3/c1-20(13-4-6-14(21)7-5-13)18(27)25(19(28)23-20)12-17(26)22-15-8-10-16(11-9-15)24(2)3/h4-11H,12H2,1-3H3,(H,22,26)(H,23,28). The quantitative estimate of drug-likeness (QED) is 0.756. The van der Waals surface area contributed by atoms with Crippen LogP contribution >= 0.6 is 11.6 Å². The first-order valence-corrected chi connectivity index (χ1v) is 9.06. The Morgan fingerprint density at radius 2 is 1.71 bits per heavy atom. The summed E-state index contributed by atoms with van der Waals surface area (Å²) in [4.78, 5) is 40.4. The lowest BCUT2D eigenvalue weighted by Gasteiger charge is -2.22. The van der Waals surface area contributed by atoms with E-state index in [2.05, 4.69) is 10.6 Å². The molecule has 0 spiro atoms. The van der Waals surface area contributed by atoms with Crippen molar-refractivity contribution in [3.05, 3.63) is 59.1 Å². The fraction of sp³-hybridized carbons (Fsp3) is 0.250. The minimum absolute atomic E-state index is 0.372. The first-order chi connectivity index (χ1) is 13.2. The van der Waals surface area contributed by atoms with Crippen LogP contribution in [0.15, 0.2) is 48.5 Å². The third-order valence-electron chi connectivity index (χ3n) is 4.67. The molecule has 8 heteroatoms. The molecular formula is C20H21ClN4O3. The maximum absolute atomic E-state index is 12.9. The molecular weight excluding hydrogens is 380 g/mol. The van der Waals surface area contributed by atoms with Crippen molar-refractivity contribution in [3.8, 4) is 0 Å². The molecule has 1 atom stereocenters. The molecule has 1 heterocycles. The van der Waals surface area contributed by atoms with Gasteiger partial charge in [-0.15, -0.1) is 0 Å². The third-order valence-corrected chi connectivity index (χ3v) is 4.92. The van der Waals surface area contributed by atoms with Gasteiger partial charge in [-0.3, -0.25) is 14.5 Å². The lowest BCUT2D eigenvalue weighted by molar-refractivity contribution is -0.133. The number of hydrogen-bond acceptors (Lipinski definition) is 4. The van der Waals surface area contributed by atoms with Gasteiger partial charge in [0.05, 0.1) is 0 Å². The van der Waals surface area contributed by atoms with Gasteiger partial charge in [0.2, 0.25) is 5.91 Å². The molecule has 3 rings (SSSR count). The van der Waals surface area contributed by atoms with Crippen LogP contribution in [-0.4, -0.2) is 43.4 Å². The van der Waals surface area contributed by atoms with Crippen LogP contribution in [-0.2, 0) is 15.1 Å². The number of rotatable bonds is 5. The second kappa shape index (κ2) is 7.52. The summed E-state index contributed by atoms with van der Waals surface area (Å²) in [5, 5.41) is 5.89. The predicted molar refractivity (Wildman–Crippen MR) is 108 cm³/mol. The molecule has 0 aromatic heterocycles. The number of halogens is 1. The van der Waals surface area contributed by atoms with Crippen LogP contribution in [0.2, 0.25) is 5.02 Å². The van der Waals surface area contributed by atoms with Crippen LogP contribution in [0.5, 0.6) is 0 Å². The number of hydrogen-bond donors (Lipinski definition) is 2. The van der Waals surface area contributed by atoms with Crippen molar-refractivity contribution in [2.45, 2.75) is 12.5 Å². The van der Waals surface area contributed by atoms with Crippen LogP contribution in [0.25, 0.3) is 0 Å². The van der Waals surface area contributed by atoms with Gasteiger partial charge in [-0.05, 0) is 48.9 Å². The Kier molecular flexibility index (Phi) is 5.29. The van der Waals surface area contributed by atoms with Gasteiger partial charge in [0, 0.05) is 30.5 Å². The Morgan fingerprint density at radius 1 is 1.11 bits per heavy atom. The maximum atomic E-state index is 12.9. The second-order valence-corrected chi connectivity index (χ2v) is 7.38. The average Bonchev–Trinajstić information content (AvgIpc) is 2.86. The minimum Gasteiger partial charge on any atom is -0.378 e. The average molecular weight is 401 g/mol. The molecule has 1 unspecified atom stereocenters. The summed E-state index contributed by atoms with van der Waals surface area (Å²) in [6.07, 6.45) is 0. The van der Waals surface area contributed by atoms with Gasteiger partial charge < -0.3 is 15.5 Å². The number of nitrogens with zero attached hydrogens (tertiary/aromatic N) is 2. The van der Waals surface area contributed by atoms with Crippen molar-refractivity contribution in [1.29, 1.82) is 0 Å². The summed E-state index contributed by atoms with van der Waals surface area (Å²) in [7, 11) is 3.84. The van der Waals surface area contributed by atoms with E-state index < -0.39 is 23.4 Å². The Labute approximate surface area is 168 Å². The summed E-state index contributed by atoms with van der Waals surface area (Å²) in [5.41, 5.74) is 0.932. The lowest BCUT2D eigenvalue weighted by Crippen LogP contribution is -2.42. The molecule has 7 nitrogen and oxygen atoms in total. The fourth-order valence-corrected chi connectivity index (χ4v) is 3.13. The van der Waals surface area contributed by atoms with E-state index in [1.165, 1.54) is 0 Å². The van der Waals surface area contributed by atoms with Crippen LogP contribution in [0.4, 0.5) is 16.2 Å². The molecule has 0 aliphatic carbocycles. The minimum atomic E-state index is -1.24. The van der Waals surface area contributed by atoms with Crippen molar-refractivity contribution in [3.63, 3.8) is 0 Å². The van der Waals surface area contributed by atoms with Crippen molar-refractivity contribution in [1.82, 2.24) is 10.2 Å². The summed E-state index contributed by atoms with van der Waals surface area (Å²) in [5.74, 6) is -0.945. The zero-order chi connectivity index (χ0) is 20.5. The van der Waals surface area contributed by atoms with Crippen molar-refractivity contribution in [2.24, 2.45) is 0 Å². The summed E-state index contributed by atoms with van der Waals surface area (Å²) in [6.45, 7) is 1.23. The maximum Gasteiger partial charge on any atom is 0.325 e. The summed E-state index contributed by atoms with van der Waals surface area (Å²) >= 11 is 5.89. The normalized spacial score (nSPS) is 18.8. The largest absolute Gasteiger partial charge is 0.378 e. The van der Waals surface area contributed by atoms with E-state index in [1.54, 1.807) is 43.3 Å². The molecule has 2 aromatic rings. The highest BCUT2D eigenvalue weighted by Crippen LogP contribution is 2.29. The lowest BCUT2D eigenvalue weighted by atomic mass is 9.92. The molecule has 0 radical (unpaired) electrons. The number of urea groups is 1. The number of nitrogens with one attached hydrogen (secondary N) is 2. The van der Waals surface area contributed by atoms with Crippen LogP contribution in [0.3, 0.4) is 0 Å². The van der Waals surface area contributed by atoms with Crippen molar-refractivity contribution < 1.29 is 14.4 Å². The number of imide groups is 1. The van der Waals surface area contributed by atoms with Gasteiger partial charge in [-0.25, -0.2) is 4.79 Å². The van der Waals surface area contributed by atoms with Crippen LogP contribution in [0, 0.1) is 0 Å². The van der Waals surface area contributed by atoms with Gasteiger partial charge in [0.15, 0.2) is 0 Å². The Morgan fingerprint density at radius 3 is 2.29 bits per heavy atom. The summed E-state index contributed by atoms with van der Waals surface area (Å²) in [6, 6.07) is 13.3. The van der Waals surface area contributed by atoms with Gasteiger partial charge in [0.1, 0.15) is 12.1 Å². The monoisotopic (exact) mass is 400 g/mol. The Bertz CT molecular complexity index is 912. The number of amides is 4. The number of carbonyl (C=O) groups excluding carboxylic acids is 3. The molecule has 4 amide bonds. The molecule has 1 aliphatic rings. The molecule has 2 N–H and O–H groups in total. The first kappa shape index (κ1) is 19.7. The fourth-order valence-electron chi connectivity index (χ4n) is 3.01. The van der Waals surface area contributed by atoms with Gasteiger partial charge in [-0.1, -0.05) is 23.7 Å². The van der Waals surface area contributed by atoms with Gasteiger partial charge in [0.25, 0.3) is 5.91 Å². The SMILES string of the molecule is CN(C)c1ccc(NC(=O)CN2C(=O)NC(C)(c3ccc(Cl)cc3)C2=O)cc1. The molecule has 1 aliphatic heterocycles. The molecule has 146 valence electrons. The number of benzene rings is 2. The molecule has 28 heavy (non-hydrogen) atoms. The Hall–Kier alpha value is -3.06. The van der Waals surface area contributed by atoms with Gasteiger partial charge >= 0.3 is 6.03 Å². The third kappa shape index (κ3) is 3.80. The van der Waals surface area contributed by atoms with E-state index in [9.17, 15) is 14.4 Å². The van der Waals surface area contributed by atoms with E-state index in [0.717, 1.165) is 10.6 Å². The first-order valence-electron chi connectivity index (χ1n) is 8.68. The molecule has 0 saturated carbocycles. The van der Waals surface area contributed by atoms with Crippen LogP contribution < -0.4 is 15.5 Å². The Balaban J connectivity index is 1.70. The van der Waals surface area contributed by atoms with Crippen LogP contribution in [0.1, 0.15) is 12.5 Å². The number of anilines is 2. The second-order valence-electron chi connectivity index (χ2n) is 6.94. The van der Waals surface area contributed by atoms with E-state index in [4.69, 9.17) is 11.6 Å². The summed E-state index contributed by atoms with van der Waals surface area (Å²) < 4.78 is 0. The van der Waals surface area contributed by atoms with Crippen molar-refractivity contribution in [2.75, 3.05) is 30.9 Å². The molecule has 1 fully saturated rings. The molecule has 0 bridgehead atoms. The van der Waals surface area contributed by atoms with E-state index in [1.807, 2.05) is 31.1 Å². The van der Waals surface area contributed by atoms with E-state index >= 15 is 0 Å². The highest BCUT2D eigenvalue weighted by Gasteiger charge is 2.49. The zero-order valence-electron chi connectivity index (χ0n) is 15.8. The molecule has 1 saturated heterocycles.